The number of hydrogen-bond donors (Lipinski definition) is 1. The molecule has 1 aliphatic rings. The lowest BCUT2D eigenvalue weighted by molar-refractivity contribution is 0.418. The molecule has 1 nitrogen and oxygen atoms in total. The lowest BCUT2D eigenvalue weighted by Gasteiger charge is -2.29. The minimum absolute atomic E-state index is 0.119. The van der Waals surface area contributed by atoms with Gasteiger partial charge in [-0.15, -0.1) is 0 Å². The Bertz CT molecular complexity index is 620. The van der Waals surface area contributed by atoms with Crippen LogP contribution in [-0.4, -0.2) is 6.54 Å². The maximum absolute atomic E-state index is 14.2. The molecule has 0 heterocycles. The van der Waals surface area contributed by atoms with Crippen LogP contribution < -0.4 is 5.32 Å². The SMILES string of the molecule is CCNC(c1cc(F)ccc1F)C1(c2ccccc2)CC1. The van der Waals surface area contributed by atoms with E-state index in [9.17, 15) is 8.78 Å². The largest absolute Gasteiger partial charge is 0.309 e. The van der Waals surface area contributed by atoms with Crippen molar-refractivity contribution in [1.82, 2.24) is 5.32 Å². The maximum Gasteiger partial charge on any atom is 0.128 e. The van der Waals surface area contributed by atoms with Crippen molar-refractivity contribution in [2.75, 3.05) is 6.54 Å². The summed E-state index contributed by atoms with van der Waals surface area (Å²) < 4.78 is 27.8. The van der Waals surface area contributed by atoms with E-state index >= 15 is 0 Å². The highest BCUT2D eigenvalue weighted by molar-refractivity contribution is 5.39. The molecule has 1 N–H and O–H groups in total. The Morgan fingerprint density at radius 3 is 2.43 bits per heavy atom. The normalized spacial score (nSPS) is 17.5. The first-order valence-electron chi connectivity index (χ1n) is 7.41. The minimum Gasteiger partial charge on any atom is -0.309 e. The summed E-state index contributed by atoms with van der Waals surface area (Å²) in [6.45, 7) is 2.71. The number of rotatable bonds is 5. The molecule has 3 heteroatoms. The van der Waals surface area contributed by atoms with Crippen LogP contribution in [0.15, 0.2) is 48.5 Å². The lowest BCUT2D eigenvalue weighted by Crippen LogP contribution is -2.33. The Balaban J connectivity index is 2.04. The van der Waals surface area contributed by atoms with Crippen LogP contribution in [-0.2, 0) is 5.41 Å². The van der Waals surface area contributed by atoms with Gasteiger partial charge in [0.25, 0.3) is 0 Å². The Kier molecular flexibility index (Phi) is 3.77. The average Bonchev–Trinajstić information content (AvgIpc) is 3.30. The molecule has 1 unspecified atom stereocenters. The summed E-state index contributed by atoms with van der Waals surface area (Å²) in [4.78, 5) is 0. The second-order valence-corrected chi connectivity index (χ2v) is 5.68. The molecular weight excluding hydrogens is 268 g/mol. The molecule has 2 aromatic rings. The van der Waals surface area contributed by atoms with E-state index in [1.807, 2.05) is 25.1 Å². The van der Waals surface area contributed by atoms with E-state index in [-0.39, 0.29) is 17.3 Å². The second kappa shape index (κ2) is 5.57. The molecule has 110 valence electrons. The number of likely N-dealkylation sites (N-methyl/N-ethyl adjacent to an activating group) is 1. The van der Waals surface area contributed by atoms with Gasteiger partial charge in [-0.25, -0.2) is 8.78 Å². The van der Waals surface area contributed by atoms with Crippen molar-refractivity contribution in [3.8, 4) is 0 Å². The fourth-order valence-electron chi connectivity index (χ4n) is 3.19. The third-order valence-corrected chi connectivity index (χ3v) is 4.37. The molecule has 1 saturated carbocycles. The molecule has 0 saturated heterocycles. The first-order valence-corrected chi connectivity index (χ1v) is 7.41. The van der Waals surface area contributed by atoms with Crippen molar-refractivity contribution in [1.29, 1.82) is 0 Å². The highest BCUT2D eigenvalue weighted by Crippen LogP contribution is 2.56. The van der Waals surface area contributed by atoms with Gasteiger partial charge in [-0.3, -0.25) is 0 Å². The lowest BCUT2D eigenvalue weighted by atomic mass is 9.83. The first kappa shape index (κ1) is 14.2. The Morgan fingerprint density at radius 1 is 1.10 bits per heavy atom. The molecule has 0 radical (unpaired) electrons. The number of nitrogens with one attached hydrogen (secondary N) is 1. The van der Waals surface area contributed by atoms with Gasteiger partial charge in [-0.05, 0) is 43.1 Å². The van der Waals surface area contributed by atoms with Gasteiger partial charge in [0.2, 0.25) is 0 Å². The number of hydrogen-bond acceptors (Lipinski definition) is 1. The van der Waals surface area contributed by atoms with Gasteiger partial charge in [0.15, 0.2) is 0 Å². The highest BCUT2D eigenvalue weighted by atomic mass is 19.1. The Labute approximate surface area is 124 Å². The molecule has 0 aliphatic heterocycles. The smallest absolute Gasteiger partial charge is 0.128 e. The quantitative estimate of drug-likeness (QED) is 0.862. The molecule has 0 spiro atoms. The van der Waals surface area contributed by atoms with Crippen molar-refractivity contribution in [3.63, 3.8) is 0 Å². The fourth-order valence-corrected chi connectivity index (χ4v) is 3.19. The molecule has 0 aromatic heterocycles. The molecule has 0 amide bonds. The van der Waals surface area contributed by atoms with Crippen molar-refractivity contribution in [2.24, 2.45) is 0 Å². The van der Waals surface area contributed by atoms with Crippen molar-refractivity contribution < 1.29 is 8.78 Å². The molecule has 2 aromatic carbocycles. The van der Waals surface area contributed by atoms with Crippen molar-refractivity contribution >= 4 is 0 Å². The minimum atomic E-state index is -0.391. The monoisotopic (exact) mass is 287 g/mol. The molecule has 1 atom stereocenters. The summed E-state index contributed by atoms with van der Waals surface area (Å²) in [5, 5.41) is 3.36. The van der Waals surface area contributed by atoms with Crippen LogP contribution in [0.5, 0.6) is 0 Å². The number of benzene rings is 2. The van der Waals surface area contributed by atoms with E-state index in [2.05, 4.69) is 17.4 Å². The Morgan fingerprint density at radius 2 is 1.81 bits per heavy atom. The zero-order chi connectivity index (χ0) is 14.9. The average molecular weight is 287 g/mol. The molecular formula is C18H19F2N. The predicted molar refractivity (Wildman–Crippen MR) is 80.1 cm³/mol. The summed E-state index contributed by atoms with van der Waals surface area (Å²) in [6.07, 6.45) is 1.98. The number of halogens is 2. The zero-order valence-electron chi connectivity index (χ0n) is 12.1. The molecule has 3 rings (SSSR count). The predicted octanol–water partition coefficient (Wildman–Crippen LogP) is 4.35. The van der Waals surface area contributed by atoms with Gasteiger partial charge < -0.3 is 5.32 Å². The van der Waals surface area contributed by atoms with E-state index in [0.717, 1.165) is 19.4 Å². The van der Waals surface area contributed by atoms with Crippen LogP contribution in [0.2, 0.25) is 0 Å². The fraction of sp³-hybridized carbons (Fsp3) is 0.333. The third-order valence-electron chi connectivity index (χ3n) is 4.37. The summed E-state index contributed by atoms with van der Waals surface area (Å²) in [5.41, 5.74) is 1.50. The molecule has 1 fully saturated rings. The van der Waals surface area contributed by atoms with Crippen LogP contribution in [0.4, 0.5) is 8.78 Å². The van der Waals surface area contributed by atoms with Gasteiger partial charge >= 0.3 is 0 Å². The van der Waals surface area contributed by atoms with E-state index in [1.54, 1.807) is 0 Å². The zero-order valence-corrected chi connectivity index (χ0v) is 12.1. The van der Waals surface area contributed by atoms with Gasteiger partial charge in [0, 0.05) is 17.0 Å². The Hall–Kier alpha value is -1.74. The second-order valence-electron chi connectivity index (χ2n) is 5.68. The third kappa shape index (κ3) is 2.58. The van der Waals surface area contributed by atoms with Crippen LogP contribution in [0.3, 0.4) is 0 Å². The van der Waals surface area contributed by atoms with E-state index < -0.39 is 5.82 Å². The van der Waals surface area contributed by atoms with E-state index in [1.165, 1.54) is 23.8 Å². The summed E-state index contributed by atoms with van der Waals surface area (Å²) in [6, 6.07) is 13.7. The topological polar surface area (TPSA) is 12.0 Å². The van der Waals surface area contributed by atoms with Crippen LogP contribution >= 0.6 is 0 Å². The standard InChI is InChI=1S/C18H19F2N/c1-2-21-17(15-12-14(19)8-9-16(15)20)18(10-11-18)13-6-4-3-5-7-13/h3-9,12,17,21H,2,10-11H2,1H3. The summed E-state index contributed by atoms with van der Waals surface area (Å²) >= 11 is 0. The molecule has 1 aliphatic carbocycles. The van der Waals surface area contributed by atoms with Gasteiger partial charge in [-0.1, -0.05) is 37.3 Å². The van der Waals surface area contributed by atoms with Gasteiger partial charge in [0.1, 0.15) is 11.6 Å². The van der Waals surface area contributed by atoms with Crippen molar-refractivity contribution in [2.45, 2.75) is 31.2 Å². The summed E-state index contributed by atoms with van der Waals surface area (Å²) in [5.74, 6) is -0.734. The first-order chi connectivity index (χ1) is 10.2. The summed E-state index contributed by atoms with van der Waals surface area (Å²) in [7, 11) is 0. The van der Waals surface area contributed by atoms with Gasteiger partial charge in [0.05, 0.1) is 0 Å². The van der Waals surface area contributed by atoms with E-state index in [0.29, 0.717) is 5.56 Å². The highest BCUT2D eigenvalue weighted by Gasteiger charge is 2.51. The maximum atomic E-state index is 14.2. The van der Waals surface area contributed by atoms with Gasteiger partial charge in [-0.2, -0.15) is 0 Å². The van der Waals surface area contributed by atoms with Crippen LogP contribution in [0.1, 0.15) is 36.9 Å². The van der Waals surface area contributed by atoms with Crippen molar-refractivity contribution in [3.05, 3.63) is 71.3 Å². The molecule has 0 bridgehead atoms. The van der Waals surface area contributed by atoms with E-state index in [4.69, 9.17) is 0 Å². The van der Waals surface area contributed by atoms with Crippen LogP contribution in [0.25, 0.3) is 0 Å². The molecule has 21 heavy (non-hydrogen) atoms. The van der Waals surface area contributed by atoms with Crippen LogP contribution in [0, 0.1) is 11.6 Å².